The average Bonchev–Trinajstić information content (AvgIpc) is 2.20. The fraction of sp³-hybridized carbons (Fsp3) is 0.545. The van der Waals surface area contributed by atoms with Crippen LogP contribution in [0.3, 0.4) is 0 Å². The van der Waals surface area contributed by atoms with Crippen LogP contribution in [0.4, 0.5) is 14.6 Å². The number of nitrogens with zero attached hydrogens (tertiary/aromatic N) is 1. The third kappa shape index (κ3) is 3.93. The minimum atomic E-state index is -0.695. The van der Waals surface area contributed by atoms with Gasteiger partial charge in [-0.15, -0.1) is 11.6 Å². The molecule has 0 amide bonds. The molecule has 1 aromatic rings. The fourth-order valence-electron chi connectivity index (χ4n) is 1.44. The van der Waals surface area contributed by atoms with E-state index in [9.17, 15) is 8.78 Å². The van der Waals surface area contributed by atoms with Gasteiger partial charge < -0.3 is 5.32 Å². The Morgan fingerprint density at radius 3 is 2.62 bits per heavy atom. The minimum Gasteiger partial charge on any atom is -0.364 e. The molecular weight excluding hydrogens is 234 g/mol. The zero-order valence-electron chi connectivity index (χ0n) is 9.30. The van der Waals surface area contributed by atoms with Gasteiger partial charge in [0.15, 0.2) is 11.6 Å². The largest absolute Gasteiger partial charge is 0.364 e. The molecule has 0 bridgehead atoms. The predicted octanol–water partition coefficient (Wildman–Crippen LogP) is 3.43. The van der Waals surface area contributed by atoms with Gasteiger partial charge in [-0.1, -0.05) is 13.8 Å². The van der Waals surface area contributed by atoms with E-state index >= 15 is 0 Å². The van der Waals surface area contributed by atoms with Crippen molar-refractivity contribution in [2.45, 2.75) is 26.3 Å². The van der Waals surface area contributed by atoms with E-state index in [2.05, 4.69) is 24.1 Å². The maximum atomic E-state index is 13.3. The van der Waals surface area contributed by atoms with Gasteiger partial charge >= 0.3 is 0 Å². The summed E-state index contributed by atoms with van der Waals surface area (Å²) in [6.45, 7) is 4.10. The van der Waals surface area contributed by atoms with Crippen molar-refractivity contribution < 1.29 is 8.78 Å². The molecule has 1 heterocycles. The summed E-state index contributed by atoms with van der Waals surface area (Å²) in [5.74, 6) is -0.530. The third-order valence-corrected chi connectivity index (χ3v) is 2.46. The molecule has 90 valence electrons. The van der Waals surface area contributed by atoms with E-state index in [-0.39, 0.29) is 11.9 Å². The molecular formula is C11H15ClF2N2. The molecule has 0 aliphatic heterocycles. The Morgan fingerprint density at radius 1 is 1.44 bits per heavy atom. The van der Waals surface area contributed by atoms with E-state index in [1.807, 2.05) is 0 Å². The predicted molar refractivity (Wildman–Crippen MR) is 61.7 cm³/mol. The Bertz CT molecular complexity index is 345. The van der Waals surface area contributed by atoms with Gasteiger partial charge in [0, 0.05) is 18.0 Å². The van der Waals surface area contributed by atoms with Crippen molar-refractivity contribution in [3.63, 3.8) is 0 Å². The van der Waals surface area contributed by atoms with Gasteiger partial charge in [0.25, 0.3) is 0 Å². The second kappa shape index (κ2) is 5.99. The Kier molecular flexibility index (Phi) is 4.93. The topological polar surface area (TPSA) is 24.9 Å². The molecule has 2 nitrogen and oxygen atoms in total. The van der Waals surface area contributed by atoms with Gasteiger partial charge in [0.2, 0.25) is 0 Å². The van der Waals surface area contributed by atoms with Crippen LogP contribution in [0.1, 0.15) is 20.3 Å². The number of rotatable bonds is 5. The Morgan fingerprint density at radius 2 is 2.12 bits per heavy atom. The monoisotopic (exact) mass is 248 g/mol. The van der Waals surface area contributed by atoms with E-state index in [0.29, 0.717) is 11.8 Å². The number of hydrogen-bond acceptors (Lipinski definition) is 2. The molecule has 0 aliphatic rings. The van der Waals surface area contributed by atoms with Crippen molar-refractivity contribution in [2.24, 2.45) is 5.92 Å². The van der Waals surface area contributed by atoms with Crippen LogP contribution in [0.5, 0.6) is 0 Å². The zero-order valence-corrected chi connectivity index (χ0v) is 10.1. The molecule has 1 atom stereocenters. The first-order valence-corrected chi connectivity index (χ1v) is 5.70. The second-order valence-corrected chi connectivity index (χ2v) is 4.42. The van der Waals surface area contributed by atoms with Crippen LogP contribution in [-0.2, 0) is 0 Å². The van der Waals surface area contributed by atoms with E-state index in [1.165, 1.54) is 0 Å². The second-order valence-electron chi connectivity index (χ2n) is 4.11. The fourth-order valence-corrected chi connectivity index (χ4v) is 1.65. The highest BCUT2D eigenvalue weighted by atomic mass is 35.5. The molecule has 0 aromatic carbocycles. The minimum absolute atomic E-state index is 0.0488. The summed E-state index contributed by atoms with van der Waals surface area (Å²) < 4.78 is 25.9. The van der Waals surface area contributed by atoms with Crippen LogP contribution in [0, 0.1) is 17.6 Å². The van der Waals surface area contributed by atoms with Crippen molar-refractivity contribution in [1.29, 1.82) is 0 Å². The van der Waals surface area contributed by atoms with Gasteiger partial charge in [0.05, 0.1) is 6.20 Å². The van der Waals surface area contributed by atoms with E-state index < -0.39 is 11.6 Å². The van der Waals surface area contributed by atoms with Crippen LogP contribution in [0.2, 0.25) is 0 Å². The lowest BCUT2D eigenvalue weighted by molar-refractivity contribution is 0.533. The summed E-state index contributed by atoms with van der Waals surface area (Å²) in [5, 5.41) is 2.87. The number of hydrogen-bond donors (Lipinski definition) is 1. The molecule has 0 saturated heterocycles. The van der Waals surface area contributed by atoms with Gasteiger partial charge in [-0.05, 0) is 12.3 Å². The Labute approximate surface area is 99.0 Å². The number of aromatic nitrogens is 1. The van der Waals surface area contributed by atoms with Crippen molar-refractivity contribution >= 4 is 17.4 Å². The summed E-state index contributed by atoms with van der Waals surface area (Å²) >= 11 is 5.76. The van der Waals surface area contributed by atoms with Gasteiger partial charge in [0.1, 0.15) is 5.82 Å². The number of alkyl halides is 1. The average molecular weight is 249 g/mol. The van der Waals surface area contributed by atoms with Crippen LogP contribution in [0.25, 0.3) is 0 Å². The SMILES string of the molecule is CC(C)CC(CCl)Nc1ncc(F)cc1F. The summed E-state index contributed by atoms with van der Waals surface area (Å²) in [5.41, 5.74) is 0. The lowest BCUT2D eigenvalue weighted by Crippen LogP contribution is -2.24. The first kappa shape index (κ1) is 13.2. The van der Waals surface area contributed by atoms with Crippen LogP contribution in [-0.4, -0.2) is 16.9 Å². The van der Waals surface area contributed by atoms with Crippen LogP contribution < -0.4 is 5.32 Å². The Balaban J connectivity index is 2.70. The summed E-state index contributed by atoms with van der Waals surface area (Å²) in [7, 11) is 0. The third-order valence-electron chi connectivity index (χ3n) is 2.09. The van der Waals surface area contributed by atoms with E-state index in [0.717, 1.165) is 18.7 Å². The molecule has 5 heteroatoms. The van der Waals surface area contributed by atoms with Crippen molar-refractivity contribution in [2.75, 3.05) is 11.2 Å². The van der Waals surface area contributed by atoms with Crippen LogP contribution >= 0.6 is 11.6 Å². The Hall–Kier alpha value is -0.900. The first-order valence-electron chi connectivity index (χ1n) is 5.16. The lowest BCUT2D eigenvalue weighted by Gasteiger charge is -2.18. The highest BCUT2D eigenvalue weighted by Gasteiger charge is 2.13. The molecule has 1 rings (SSSR count). The summed E-state index contributed by atoms with van der Waals surface area (Å²) in [6.07, 6.45) is 1.79. The van der Waals surface area contributed by atoms with Crippen molar-refractivity contribution in [3.05, 3.63) is 23.9 Å². The molecule has 1 unspecified atom stereocenters. The zero-order chi connectivity index (χ0) is 12.1. The summed E-state index contributed by atoms with van der Waals surface area (Å²) in [6, 6.07) is 0.741. The molecule has 0 fully saturated rings. The first-order chi connectivity index (χ1) is 7.52. The molecule has 1 aromatic heterocycles. The van der Waals surface area contributed by atoms with E-state index in [1.54, 1.807) is 0 Å². The number of halogens is 3. The van der Waals surface area contributed by atoms with Gasteiger partial charge in [-0.2, -0.15) is 0 Å². The lowest BCUT2D eigenvalue weighted by atomic mass is 10.1. The highest BCUT2D eigenvalue weighted by Crippen LogP contribution is 2.16. The van der Waals surface area contributed by atoms with Crippen LogP contribution in [0.15, 0.2) is 12.3 Å². The maximum Gasteiger partial charge on any atom is 0.168 e. The summed E-state index contributed by atoms with van der Waals surface area (Å²) in [4.78, 5) is 3.65. The van der Waals surface area contributed by atoms with Crippen molar-refractivity contribution in [3.8, 4) is 0 Å². The molecule has 1 N–H and O–H groups in total. The molecule has 0 spiro atoms. The van der Waals surface area contributed by atoms with Gasteiger partial charge in [-0.25, -0.2) is 13.8 Å². The quantitative estimate of drug-likeness (QED) is 0.808. The van der Waals surface area contributed by atoms with Gasteiger partial charge in [-0.3, -0.25) is 0 Å². The smallest absolute Gasteiger partial charge is 0.168 e. The number of pyridine rings is 1. The van der Waals surface area contributed by atoms with E-state index in [4.69, 9.17) is 11.6 Å². The standard InChI is InChI=1S/C11H15ClF2N2/c1-7(2)3-9(5-12)16-11-10(14)4-8(13)6-15-11/h4,6-7,9H,3,5H2,1-2H3,(H,15,16). The molecule has 0 radical (unpaired) electrons. The molecule has 0 saturated carbocycles. The number of anilines is 1. The molecule has 16 heavy (non-hydrogen) atoms. The highest BCUT2D eigenvalue weighted by molar-refractivity contribution is 6.18. The maximum absolute atomic E-state index is 13.3. The molecule has 0 aliphatic carbocycles. The normalized spacial score (nSPS) is 12.9. The van der Waals surface area contributed by atoms with Crippen molar-refractivity contribution in [1.82, 2.24) is 4.98 Å². The number of nitrogens with one attached hydrogen (secondary N) is 1.